The lowest BCUT2D eigenvalue weighted by molar-refractivity contribution is -0.0500. The normalized spacial score (nSPS) is 19.9. The van der Waals surface area contributed by atoms with Gasteiger partial charge in [-0.05, 0) is 63.1 Å². The van der Waals surface area contributed by atoms with E-state index in [0.29, 0.717) is 30.8 Å². The van der Waals surface area contributed by atoms with Crippen LogP contribution in [0.25, 0.3) is 0 Å². The highest BCUT2D eigenvalue weighted by Crippen LogP contribution is 2.36. The SMILES string of the molecule is C=CCN1C[C@H](C)N([C@@H](c2cccc(OS(=O)(=O)C(F)(F)F)c2)c2cccc(C(=O)N(CC)CC)c2)C[C@H]1C. The molecule has 1 fully saturated rings. The standard InChI is InChI=1S/C28H36F3N3O4S/c1-6-15-33-18-21(5)34(19-20(33)4)26(22-11-9-13-24(16-22)27(35)32(7-2)8-3)23-12-10-14-25(17-23)38-39(36,37)28(29,30)31/h6,9-14,16-17,20-21,26H,1,7-8,15,18-19H2,2-5H3/t20-,21+,26-/m1/s1. The molecule has 1 aliphatic rings. The molecule has 0 unspecified atom stereocenters. The smallest absolute Gasteiger partial charge is 0.376 e. The minimum absolute atomic E-state index is 0.0248. The molecule has 3 rings (SSSR count). The Morgan fingerprint density at radius 1 is 1.08 bits per heavy atom. The molecule has 2 aromatic rings. The van der Waals surface area contributed by atoms with Crippen LogP contribution >= 0.6 is 0 Å². The quantitative estimate of drug-likeness (QED) is 0.227. The summed E-state index contributed by atoms with van der Waals surface area (Å²) >= 11 is 0. The minimum Gasteiger partial charge on any atom is -0.376 e. The van der Waals surface area contributed by atoms with Crippen LogP contribution in [-0.4, -0.2) is 79.3 Å². The predicted molar refractivity (Wildman–Crippen MR) is 145 cm³/mol. The largest absolute Gasteiger partial charge is 0.534 e. The van der Waals surface area contributed by atoms with Gasteiger partial charge in [-0.25, -0.2) is 0 Å². The van der Waals surface area contributed by atoms with Crippen molar-refractivity contribution in [1.29, 1.82) is 0 Å². The molecule has 11 heteroatoms. The van der Waals surface area contributed by atoms with Gasteiger partial charge >= 0.3 is 15.6 Å². The average Bonchev–Trinajstić information content (AvgIpc) is 2.87. The maximum atomic E-state index is 13.1. The van der Waals surface area contributed by atoms with Gasteiger partial charge in [0.05, 0.1) is 6.04 Å². The zero-order valence-corrected chi connectivity index (χ0v) is 23.5. The van der Waals surface area contributed by atoms with Gasteiger partial charge in [-0.3, -0.25) is 14.6 Å². The molecule has 0 aromatic heterocycles. The fourth-order valence-corrected chi connectivity index (χ4v) is 5.48. The summed E-state index contributed by atoms with van der Waals surface area (Å²) in [5, 5.41) is 0. The van der Waals surface area contributed by atoms with E-state index >= 15 is 0 Å². The molecule has 0 radical (unpaired) electrons. The van der Waals surface area contributed by atoms with E-state index in [4.69, 9.17) is 0 Å². The Labute approximate surface area is 229 Å². The van der Waals surface area contributed by atoms with E-state index < -0.39 is 27.4 Å². The molecule has 1 aliphatic heterocycles. The molecular formula is C28H36F3N3O4S. The number of benzene rings is 2. The fourth-order valence-electron chi connectivity index (χ4n) is 5.03. The summed E-state index contributed by atoms with van der Waals surface area (Å²) in [5.41, 5.74) is -3.74. The van der Waals surface area contributed by atoms with Crippen molar-refractivity contribution in [1.82, 2.24) is 14.7 Å². The highest BCUT2D eigenvalue weighted by Gasteiger charge is 2.48. The van der Waals surface area contributed by atoms with Crippen molar-refractivity contribution in [2.24, 2.45) is 0 Å². The molecule has 0 aliphatic carbocycles. The summed E-state index contributed by atoms with van der Waals surface area (Å²) in [7, 11) is -5.83. The van der Waals surface area contributed by atoms with Crippen LogP contribution in [0.4, 0.5) is 13.2 Å². The van der Waals surface area contributed by atoms with Crippen LogP contribution in [0.2, 0.25) is 0 Å². The Kier molecular flexibility index (Phi) is 9.84. The summed E-state index contributed by atoms with van der Waals surface area (Å²) < 4.78 is 66.8. The number of nitrogens with zero attached hydrogens (tertiary/aromatic N) is 3. The lowest BCUT2D eigenvalue weighted by Crippen LogP contribution is -2.57. The van der Waals surface area contributed by atoms with Gasteiger partial charge in [0.25, 0.3) is 5.91 Å². The Bertz CT molecular complexity index is 1260. The molecule has 0 saturated carbocycles. The van der Waals surface area contributed by atoms with Crippen molar-refractivity contribution in [3.63, 3.8) is 0 Å². The van der Waals surface area contributed by atoms with Gasteiger partial charge in [-0.2, -0.15) is 21.6 Å². The number of hydrogen-bond donors (Lipinski definition) is 0. The van der Waals surface area contributed by atoms with Crippen molar-refractivity contribution in [3.05, 3.63) is 77.9 Å². The minimum atomic E-state index is -5.83. The van der Waals surface area contributed by atoms with Gasteiger partial charge < -0.3 is 9.08 Å². The Morgan fingerprint density at radius 2 is 1.69 bits per heavy atom. The number of alkyl halides is 3. The second-order valence-corrected chi connectivity index (χ2v) is 11.2. The van der Waals surface area contributed by atoms with Crippen molar-refractivity contribution in [3.8, 4) is 5.75 Å². The van der Waals surface area contributed by atoms with E-state index in [2.05, 4.69) is 34.4 Å². The zero-order chi connectivity index (χ0) is 29.0. The van der Waals surface area contributed by atoms with Gasteiger partial charge in [0.2, 0.25) is 0 Å². The summed E-state index contributed by atoms with van der Waals surface area (Å²) in [4.78, 5) is 19.4. The van der Waals surface area contributed by atoms with Crippen molar-refractivity contribution >= 4 is 16.0 Å². The van der Waals surface area contributed by atoms with Gasteiger partial charge in [-0.1, -0.05) is 30.3 Å². The van der Waals surface area contributed by atoms with Crippen molar-refractivity contribution in [2.75, 3.05) is 32.7 Å². The Morgan fingerprint density at radius 3 is 2.28 bits per heavy atom. The highest BCUT2D eigenvalue weighted by atomic mass is 32.2. The van der Waals surface area contributed by atoms with E-state index in [1.807, 2.05) is 26.0 Å². The molecule has 3 atom stereocenters. The zero-order valence-electron chi connectivity index (χ0n) is 22.7. The fraction of sp³-hybridized carbons (Fsp3) is 0.464. The van der Waals surface area contributed by atoms with E-state index in [1.165, 1.54) is 18.2 Å². The first-order valence-corrected chi connectivity index (χ1v) is 14.3. The first kappa shape index (κ1) is 30.6. The van der Waals surface area contributed by atoms with Crippen LogP contribution in [0.15, 0.2) is 61.2 Å². The number of carbonyl (C=O) groups excluding carboxylic acids is 1. The first-order chi connectivity index (χ1) is 18.3. The highest BCUT2D eigenvalue weighted by molar-refractivity contribution is 7.88. The third kappa shape index (κ3) is 7.01. The topological polar surface area (TPSA) is 70.2 Å². The second-order valence-electron chi connectivity index (χ2n) is 9.70. The number of piperazine rings is 1. The Balaban J connectivity index is 2.10. The van der Waals surface area contributed by atoms with E-state index in [1.54, 1.807) is 29.2 Å². The lowest BCUT2D eigenvalue weighted by atomic mass is 9.92. The van der Waals surface area contributed by atoms with Crippen LogP contribution < -0.4 is 4.18 Å². The summed E-state index contributed by atoms with van der Waals surface area (Å²) in [6.45, 7) is 15.0. The van der Waals surface area contributed by atoms with Gasteiger partial charge in [0.15, 0.2) is 0 Å². The molecule has 7 nitrogen and oxygen atoms in total. The number of halogens is 3. The molecule has 2 aromatic carbocycles. The molecule has 1 amide bonds. The van der Waals surface area contributed by atoms with E-state index in [9.17, 15) is 26.4 Å². The average molecular weight is 568 g/mol. The number of rotatable bonds is 10. The van der Waals surface area contributed by atoms with E-state index in [0.717, 1.165) is 18.7 Å². The molecular weight excluding hydrogens is 531 g/mol. The van der Waals surface area contributed by atoms with Crippen LogP contribution in [0.1, 0.15) is 55.2 Å². The van der Waals surface area contributed by atoms with Crippen LogP contribution in [0.5, 0.6) is 5.75 Å². The predicted octanol–water partition coefficient (Wildman–Crippen LogP) is 5.07. The molecule has 1 saturated heterocycles. The van der Waals surface area contributed by atoms with Gasteiger partial charge in [0.1, 0.15) is 5.75 Å². The second kappa shape index (κ2) is 12.5. The van der Waals surface area contributed by atoms with Crippen LogP contribution in [-0.2, 0) is 10.1 Å². The maximum absolute atomic E-state index is 13.1. The number of hydrogen-bond acceptors (Lipinski definition) is 6. The van der Waals surface area contributed by atoms with Gasteiger partial charge in [-0.15, -0.1) is 6.58 Å². The molecule has 0 bridgehead atoms. The molecule has 214 valence electrons. The third-order valence-corrected chi connectivity index (χ3v) is 8.00. The molecule has 39 heavy (non-hydrogen) atoms. The Hall–Kier alpha value is -2.89. The molecule has 1 heterocycles. The van der Waals surface area contributed by atoms with Crippen molar-refractivity contribution in [2.45, 2.75) is 51.3 Å². The van der Waals surface area contributed by atoms with Crippen molar-refractivity contribution < 1.29 is 30.6 Å². The van der Waals surface area contributed by atoms with Crippen LogP contribution in [0, 0.1) is 0 Å². The first-order valence-electron chi connectivity index (χ1n) is 12.9. The number of amides is 1. The summed E-state index contributed by atoms with van der Waals surface area (Å²) in [6, 6.07) is 12.6. The molecule has 0 N–H and O–H groups in total. The summed E-state index contributed by atoms with van der Waals surface area (Å²) in [5.74, 6) is -0.553. The third-order valence-electron chi connectivity index (χ3n) is 7.02. The lowest BCUT2D eigenvalue weighted by Gasteiger charge is -2.47. The van der Waals surface area contributed by atoms with Crippen LogP contribution in [0.3, 0.4) is 0 Å². The van der Waals surface area contributed by atoms with E-state index in [-0.39, 0.29) is 18.0 Å². The summed E-state index contributed by atoms with van der Waals surface area (Å²) in [6.07, 6.45) is 1.85. The monoisotopic (exact) mass is 567 g/mol. The van der Waals surface area contributed by atoms with Gasteiger partial charge in [0, 0.05) is 50.4 Å². The number of carbonyl (C=O) groups is 1. The maximum Gasteiger partial charge on any atom is 0.534 e. The molecule has 0 spiro atoms.